The monoisotopic (exact) mass is 2050 g/mol. The Kier molecular flexibility index (Phi) is 22.9. The first-order chi connectivity index (χ1) is 67.2. The smallest absolute Gasteiger partial charge is 0.508 e. The van der Waals surface area contributed by atoms with E-state index >= 15 is 0 Å². The third-order valence-corrected chi connectivity index (χ3v) is 28.3. The predicted molar refractivity (Wildman–Crippen MR) is 547 cm³/mol. The van der Waals surface area contributed by atoms with E-state index < -0.39 is 0 Å². The maximum absolute atomic E-state index is 9.74. The summed E-state index contributed by atoms with van der Waals surface area (Å²) in [5.74, 6) is 11.2. The van der Waals surface area contributed by atoms with E-state index in [2.05, 4.69) is 331 Å². The van der Waals surface area contributed by atoms with Crippen molar-refractivity contribution in [3.05, 3.63) is 388 Å². The second-order valence-electron chi connectivity index (χ2n) is 36.3. The van der Waals surface area contributed by atoms with E-state index in [9.17, 15) is 5.11 Å². The van der Waals surface area contributed by atoms with Gasteiger partial charge in [0.15, 0.2) is 0 Å². The van der Waals surface area contributed by atoms with Crippen molar-refractivity contribution in [1.29, 1.82) is 0 Å². The van der Waals surface area contributed by atoms with E-state index in [4.69, 9.17) is 49.1 Å². The minimum atomic E-state index is 0. The van der Waals surface area contributed by atoms with Crippen LogP contribution in [0.2, 0.25) is 0 Å². The number of aryl methyl sites for hydroxylation is 18. The molecule has 7 aliphatic rings. The Balaban J connectivity index is 0.0000000997. The van der Waals surface area contributed by atoms with Crippen LogP contribution in [0, 0.1) is 39.8 Å². The molecule has 0 atom stereocenters. The van der Waals surface area contributed by atoms with Gasteiger partial charge in [-0.25, -0.2) is 24.9 Å². The van der Waals surface area contributed by atoms with Gasteiger partial charge in [0.25, 0.3) is 0 Å². The molecule has 0 saturated heterocycles. The normalized spacial score (nSPS) is 13.1. The number of methoxy groups -OCH3 is 1. The largest absolute Gasteiger partial charge is 2.00 e. The van der Waals surface area contributed by atoms with Crippen molar-refractivity contribution < 1.29 is 40.4 Å². The number of fused-ring (bicyclic) bond motifs is 27. The summed E-state index contributed by atoms with van der Waals surface area (Å²) in [4.78, 5) is 34.5. The number of aromatic nitrogens is 14. The number of ether oxygens (including phenoxy) is 3. The maximum atomic E-state index is 9.74. The van der Waals surface area contributed by atoms with Gasteiger partial charge in [0.05, 0.1) is 74.6 Å². The van der Waals surface area contributed by atoms with E-state index in [0.717, 1.165) is 231 Å². The number of nitrogens with zero attached hydrogens (tertiary/aromatic N) is 14. The zero-order valence-corrected chi connectivity index (χ0v) is 80.8. The van der Waals surface area contributed by atoms with Crippen LogP contribution in [-0.2, 0) is 112 Å². The fraction of sp³-hybridized carbons (Fsp3) is 0.161. The SMILES string of the molecule is Brc1ccc2c(c1)-c1nc3ccccc3n1CC2.COc1ccc2c(c1)-c1nc(-c3ccccc3C)cn1CC2.Cc1ccccc1-c1cn2c(n1)-c1[c-]c(Oc3[c-]c4c(cc3)CCn3c-4nc4ccccc43)ccc1CC2.Cc1ccccc1-c1cn2c(n1)-c1cc(O)ccc1CC2.Cc1ccccc1-c1cn2c(n1)-c1cc(Oc3ccc4c(c3)-c3nc5ccccc5n3CC4)ccc1CC2.[Pt+2]. The molecule has 0 bridgehead atoms. The molecule has 1 N–H and O–H groups in total. The van der Waals surface area contributed by atoms with Gasteiger partial charge in [0, 0.05) is 137 Å². The molecule has 0 aliphatic carbocycles. The quantitative estimate of drug-likeness (QED) is 0.136. The van der Waals surface area contributed by atoms with Gasteiger partial charge in [0.1, 0.15) is 52.1 Å². The van der Waals surface area contributed by atoms with Gasteiger partial charge in [-0.2, -0.15) is 0 Å². The van der Waals surface area contributed by atoms with E-state index in [1.54, 1.807) is 13.2 Å². The Morgan fingerprint density at radius 1 is 0.283 bits per heavy atom. The minimum Gasteiger partial charge on any atom is -0.508 e. The zero-order valence-electron chi connectivity index (χ0n) is 77.0. The molecule has 0 spiro atoms. The van der Waals surface area contributed by atoms with Crippen LogP contribution in [-0.4, -0.2) is 79.1 Å². The fourth-order valence-electron chi connectivity index (χ4n) is 20.7. The summed E-state index contributed by atoms with van der Waals surface area (Å²) in [5, 5.41) is 9.74. The molecular formula is C118H95BrN14O4Pt. The second-order valence-corrected chi connectivity index (χ2v) is 37.2. The van der Waals surface area contributed by atoms with Crippen LogP contribution in [0.25, 0.3) is 158 Å². The van der Waals surface area contributed by atoms with Gasteiger partial charge in [-0.1, -0.05) is 192 Å². The fourth-order valence-corrected chi connectivity index (χ4v) is 21.0. The molecule has 678 valence electrons. The van der Waals surface area contributed by atoms with Crippen LogP contribution in [0.15, 0.2) is 314 Å². The van der Waals surface area contributed by atoms with Crippen molar-refractivity contribution in [2.24, 2.45) is 0 Å². The molecule has 14 heterocycles. The molecule has 21 aromatic rings. The van der Waals surface area contributed by atoms with E-state index in [1.165, 1.54) is 100 Å². The average Bonchev–Trinajstić information content (AvgIpc) is 1.57. The molecule has 7 aromatic heterocycles. The number of phenolic OH excluding ortho intramolecular Hbond substituents is 1. The Morgan fingerprint density at radius 2 is 0.594 bits per heavy atom. The van der Waals surface area contributed by atoms with Crippen molar-refractivity contribution >= 4 is 49.0 Å². The van der Waals surface area contributed by atoms with Gasteiger partial charge >= 0.3 is 21.1 Å². The third-order valence-electron chi connectivity index (χ3n) is 27.8. The first-order valence-corrected chi connectivity index (χ1v) is 47.9. The second kappa shape index (κ2) is 36.4. The third kappa shape index (κ3) is 16.3. The number of halogens is 1. The number of imidazole rings is 7. The number of hydrogen-bond donors (Lipinski definition) is 1. The van der Waals surface area contributed by atoms with Crippen LogP contribution >= 0.6 is 15.9 Å². The summed E-state index contributed by atoms with van der Waals surface area (Å²) >= 11 is 3.55. The molecular weight excluding hydrogens is 1950 g/mol. The Labute approximate surface area is 822 Å². The summed E-state index contributed by atoms with van der Waals surface area (Å²) < 4.78 is 35.2. The molecule has 14 aromatic carbocycles. The number of para-hydroxylation sites is 6. The number of rotatable bonds is 9. The molecule has 138 heavy (non-hydrogen) atoms. The Bertz CT molecular complexity index is 8090. The van der Waals surface area contributed by atoms with Crippen molar-refractivity contribution in [1.82, 2.24) is 66.9 Å². The Hall–Kier alpha value is -15.3. The zero-order chi connectivity index (χ0) is 92.0. The van der Waals surface area contributed by atoms with Crippen LogP contribution < -0.4 is 14.2 Å². The van der Waals surface area contributed by atoms with Crippen molar-refractivity contribution in [3.63, 3.8) is 0 Å². The van der Waals surface area contributed by atoms with Gasteiger partial charge in [-0.15, -0.1) is 46.5 Å². The van der Waals surface area contributed by atoms with E-state index in [-0.39, 0.29) is 21.1 Å². The minimum absolute atomic E-state index is 0. The first kappa shape index (κ1) is 86.8. The first-order valence-electron chi connectivity index (χ1n) is 47.1. The van der Waals surface area contributed by atoms with Gasteiger partial charge in [-0.05, 0) is 220 Å². The molecule has 0 radical (unpaired) electrons. The summed E-state index contributed by atoms with van der Waals surface area (Å²) in [6.45, 7) is 15.2. The van der Waals surface area contributed by atoms with E-state index in [0.29, 0.717) is 17.2 Å². The summed E-state index contributed by atoms with van der Waals surface area (Å²) in [7, 11) is 1.70. The number of hydrogen-bond acceptors (Lipinski definition) is 11. The summed E-state index contributed by atoms with van der Waals surface area (Å²) in [6.07, 6.45) is 15.6. The van der Waals surface area contributed by atoms with E-state index in [1.807, 2.05) is 60.7 Å². The molecule has 18 nitrogen and oxygen atoms in total. The maximum Gasteiger partial charge on any atom is 2.00 e. The van der Waals surface area contributed by atoms with Crippen molar-refractivity contribution in [2.75, 3.05) is 7.11 Å². The summed E-state index contributed by atoms with van der Waals surface area (Å²) in [5.41, 5.74) is 37.4. The van der Waals surface area contributed by atoms with Gasteiger partial charge in [0.2, 0.25) is 0 Å². The molecule has 7 aliphatic heterocycles. The van der Waals surface area contributed by atoms with Crippen LogP contribution in [0.1, 0.15) is 61.2 Å². The molecule has 0 amide bonds. The predicted octanol–water partition coefficient (Wildman–Crippen LogP) is 26.4. The molecule has 0 fully saturated rings. The number of benzene rings is 14. The van der Waals surface area contributed by atoms with Crippen LogP contribution in [0.3, 0.4) is 0 Å². The number of aromatic hydroxyl groups is 1. The molecule has 20 heteroatoms. The molecule has 28 rings (SSSR count). The number of phenols is 1. The van der Waals surface area contributed by atoms with Crippen molar-refractivity contribution in [2.45, 2.75) is 118 Å². The van der Waals surface area contributed by atoms with Gasteiger partial charge in [-0.3, -0.25) is 9.97 Å². The van der Waals surface area contributed by atoms with Crippen LogP contribution in [0.5, 0.6) is 34.5 Å². The summed E-state index contributed by atoms with van der Waals surface area (Å²) in [6, 6.07) is 105. The molecule has 0 saturated carbocycles. The van der Waals surface area contributed by atoms with Crippen LogP contribution in [0.4, 0.5) is 0 Å². The average molecular weight is 2050 g/mol. The standard InChI is InChI=1S/C33H26N4O.C33H24N4O.C19H18N2O.C18H16N2O.C15H11BrN2.Pt/c2*1-21-6-2-3-7-26(21)30-20-36-16-14-22-10-12-24(18-27(22)32(36)35-30)38-25-13-11-23-15-17-37-31-9-5-4-8-29(31)34-33(37)28(23)19-25;1-13-5-3-4-6-16(13)18-12-21-10-9-14-7-8-15(22-2)11-17(14)19(21)20-18;1-12-4-2-3-5-15(12)17-11-20-9-8-13-6-7-14(21)10-16(13)18(20)19-17;16-11-6-5-10-7-8-18-14-4-2-1-3-13(14)17-15(18)12(10)9-11;/h2-13,18-20H,14-17H2,1H3;2-13,20H,14-17H2,1H3;3-8,11-12H,9-10H2,1-2H3;2-7,10-11,21H,8-9H2,1H3;1-6,9H,7-8H2;/q;-2;;;;+2. The topological polar surface area (TPSA) is 173 Å². The van der Waals surface area contributed by atoms with Crippen molar-refractivity contribution in [3.8, 4) is 159 Å². The van der Waals surface area contributed by atoms with Gasteiger partial charge < -0.3 is 51.3 Å². The molecule has 0 unspecified atom stereocenters. The Morgan fingerprint density at radius 3 is 1.03 bits per heavy atom.